The van der Waals surface area contributed by atoms with Crippen molar-refractivity contribution >= 4 is 29.1 Å². The van der Waals surface area contributed by atoms with Gasteiger partial charge >= 0.3 is 6.03 Å². The second-order valence-corrected chi connectivity index (χ2v) is 9.17. The molecule has 2 N–H and O–H groups in total. The number of aliphatic imine (C=N–C) groups is 1. The fourth-order valence-corrected chi connectivity index (χ4v) is 4.96. The normalized spacial score (nSPS) is 27.5. The first kappa shape index (κ1) is 21.8. The van der Waals surface area contributed by atoms with Crippen LogP contribution in [0, 0.1) is 23.7 Å². The summed E-state index contributed by atoms with van der Waals surface area (Å²) in [4.78, 5) is 29.6. The molecule has 3 rings (SSSR count). The van der Waals surface area contributed by atoms with Crippen molar-refractivity contribution < 1.29 is 14.7 Å². The van der Waals surface area contributed by atoms with Gasteiger partial charge in [-0.2, -0.15) is 0 Å². The third-order valence-corrected chi connectivity index (χ3v) is 6.88. The van der Waals surface area contributed by atoms with Crippen molar-refractivity contribution in [3.63, 3.8) is 0 Å². The summed E-state index contributed by atoms with van der Waals surface area (Å²) < 4.78 is 0. The van der Waals surface area contributed by atoms with Gasteiger partial charge in [0.15, 0.2) is 0 Å². The monoisotopic (exact) mass is 418 g/mol. The number of carbonyl (C=O) groups excluding carboxylic acids is 2. The van der Waals surface area contributed by atoms with Crippen LogP contribution in [0.3, 0.4) is 0 Å². The van der Waals surface area contributed by atoms with Gasteiger partial charge in [-0.3, -0.25) is 4.79 Å². The van der Waals surface area contributed by atoms with Gasteiger partial charge in [0.25, 0.3) is 0 Å². The van der Waals surface area contributed by atoms with E-state index in [0.717, 1.165) is 18.8 Å². The van der Waals surface area contributed by atoms with Crippen LogP contribution in [0.4, 0.5) is 4.79 Å². The van der Waals surface area contributed by atoms with Crippen LogP contribution in [0.5, 0.6) is 5.75 Å². The van der Waals surface area contributed by atoms with Gasteiger partial charge in [0.1, 0.15) is 11.5 Å². The molecule has 6 heteroatoms. The molecule has 1 saturated carbocycles. The predicted octanol–water partition coefficient (Wildman–Crippen LogP) is 5.70. The lowest BCUT2D eigenvalue weighted by molar-refractivity contribution is -0.123. The minimum absolute atomic E-state index is 0.0216. The van der Waals surface area contributed by atoms with E-state index in [2.05, 4.69) is 24.2 Å². The lowest BCUT2D eigenvalue weighted by atomic mass is 9.73. The molecule has 0 saturated heterocycles. The van der Waals surface area contributed by atoms with E-state index >= 15 is 0 Å². The molecule has 2 amide bonds. The standard InChI is InChI=1S/C23H31ClN2O3/c1-4-18-21(20(28)11-14-5-7-15(8-6-14)13(2)3)22(26-23(29)25-18)16-9-10-19(27)17(24)12-16/h9-10,12-15,21-22,27H,4-8,11H2,1-3H3,(H,26,29). The van der Waals surface area contributed by atoms with Gasteiger partial charge in [0.2, 0.25) is 0 Å². The lowest BCUT2D eigenvalue weighted by Gasteiger charge is -2.34. The average Bonchev–Trinajstić information content (AvgIpc) is 2.69. The Morgan fingerprint density at radius 2 is 1.97 bits per heavy atom. The Kier molecular flexibility index (Phi) is 6.99. The third kappa shape index (κ3) is 5.00. The summed E-state index contributed by atoms with van der Waals surface area (Å²) in [6, 6.07) is 3.88. The number of nitrogens with one attached hydrogen (secondary N) is 1. The third-order valence-electron chi connectivity index (χ3n) is 6.58. The smallest absolute Gasteiger partial charge is 0.341 e. The molecule has 2 unspecified atom stereocenters. The maximum atomic E-state index is 13.4. The highest BCUT2D eigenvalue weighted by Gasteiger charge is 2.39. The lowest BCUT2D eigenvalue weighted by Crippen LogP contribution is -2.44. The summed E-state index contributed by atoms with van der Waals surface area (Å²) in [6.45, 7) is 6.48. The van der Waals surface area contributed by atoms with E-state index in [1.807, 2.05) is 6.92 Å². The molecule has 1 heterocycles. The van der Waals surface area contributed by atoms with Crippen molar-refractivity contribution in [2.45, 2.75) is 65.3 Å². The van der Waals surface area contributed by atoms with Crippen LogP contribution in [-0.2, 0) is 4.79 Å². The number of ketones is 1. The maximum Gasteiger partial charge on any atom is 0.341 e. The summed E-state index contributed by atoms with van der Waals surface area (Å²) in [5, 5.41) is 12.8. The zero-order valence-electron chi connectivity index (χ0n) is 17.5. The minimum Gasteiger partial charge on any atom is -0.506 e. The van der Waals surface area contributed by atoms with E-state index in [4.69, 9.17) is 11.6 Å². The van der Waals surface area contributed by atoms with Gasteiger partial charge in [0.05, 0.1) is 17.0 Å². The highest BCUT2D eigenvalue weighted by atomic mass is 35.5. The van der Waals surface area contributed by atoms with Crippen LogP contribution < -0.4 is 5.32 Å². The zero-order chi connectivity index (χ0) is 21.1. The quantitative estimate of drug-likeness (QED) is 0.621. The number of hydrogen-bond donors (Lipinski definition) is 2. The number of hydrogen-bond acceptors (Lipinski definition) is 3. The first-order chi connectivity index (χ1) is 13.8. The van der Waals surface area contributed by atoms with Crippen LogP contribution in [0.15, 0.2) is 23.2 Å². The molecular weight excluding hydrogens is 388 g/mol. The molecule has 1 aromatic carbocycles. The molecule has 0 bridgehead atoms. The Labute approximate surface area is 177 Å². The van der Waals surface area contributed by atoms with Gasteiger partial charge in [-0.25, -0.2) is 9.79 Å². The highest BCUT2D eigenvalue weighted by Crippen LogP contribution is 2.38. The SMILES string of the molecule is CCC1=NC(=O)NC(c2ccc(O)c(Cl)c2)C1C(=O)CC1CCC(C(C)C)CC1. The summed E-state index contributed by atoms with van der Waals surface area (Å²) >= 11 is 6.08. The van der Waals surface area contributed by atoms with E-state index in [0.29, 0.717) is 36.0 Å². The molecule has 5 nitrogen and oxygen atoms in total. The number of halogens is 1. The molecule has 1 fully saturated rings. The van der Waals surface area contributed by atoms with Crippen LogP contribution >= 0.6 is 11.6 Å². The number of urea groups is 1. The predicted molar refractivity (Wildman–Crippen MR) is 116 cm³/mol. The van der Waals surface area contributed by atoms with Crippen molar-refractivity contribution in [1.82, 2.24) is 5.32 Å². The number of amides is 2. The van der Waals surface area contributed by atoms with Gasteiger partial charge in [-0.15, -0.1) is 0 Å². The van der Waals surface area contributed by atoms with Crippen molar-refractivity contribution in [3.8, 4) is 5.75 Å². The Bertz CT molecular complexity index is 797. The summed E-state index contributed by atoms with van der Waals surface area (Å²) in [6.07, 6.45) is 5.61. The summed E-state index contributed by atoms with van der Waals surface area (Å²) in [7, 11) is 0. The average molecular weight is 419 g/mol. The fraction of sp³-hybridized carbons (Fsp3) is 0.609. The number of phenols is 1. The number of rotatable bonds is 6. The largest absolute Gasteiger partial charge is 0.506 e. The zero-order valence-corrected chi connectivity index (χ0v) is 18.2. The van der Waals surface area contributed by atoms with Gasteiger partial charge in [-0.05, 0) is 67.6 Å². The maximum absolute atomic E-state index is 13.4. The number of carbonyl (C=O) groups is 2. The molecule has 1 aliphatic carbocycles. The second-order valence-electron chi connectivity index (χ2n) is 8.77. The summed E-state index contributed by atoms with van der Waals surface area (Å²) in [5.41, 5.74) is 1.34. The van der Waals surface area contributed by atoms with Crippen molar-refractivity contribution in [2.24, 2.45) is 28.7 Å². The first-order valence-corrected chi connectivity index (χ1v) is 11.1. The van der Waals surface area contributed by atoms with Crippen molar-refractivity contribution in [1.29, 1.82) is 0 Å². The molecule has 158 valence electrons. The van der Waals surface area contributed by atoms with Gasteiger partial charge in [0, 0.05) is 12.1 Å². The topological polar surface area (TPSA) is 78.8 Å². The minimum atomic E-state index is -0.507. The summed E-state index contributed by atoms with van der Waals surface area (Å²) in [5.74, 6) is 1.48. The molecule has 1 aromatic rings. The molecule has 1 aliphatic heterocycles. The number of aromatic hydroxyl groups is 1. The second kappa shape index (κ2) is 9.29. The number of Topliss-reactive ketones (excluding diaryl/α,β-unsaturated/α-hetero) is 1. The van der Waals surface area contributed by atoms with Crippen molar-refractivity contribution in [3.05, 3.63) is 28.8 Å². The first-order valence-electron chi connectivity index (χ1n) is 10.7. The Morgan fingerprint density at radius 1 is 1.28 bits per heavy atom. The molecule has 2 atom stereocenters. The van der Waals surface area contributed by atoms with Crippen LogP contribution in [0.1, 0.15) is 70.9 Å². The fourth-order valence-electron chi connectivity index (χ4n) is 4.77. The van der Waals surface area contributed by atoms with E-state index < -0.39 is 18.0 Å². The molecule has 0 aromatic heterocycles. The Morgan fingerprint density at radius 3 is 2.55 bits per heavy atom. The van der Waals surface area contributed by atoms with E-state index in [-0.39, 0.29) is 16.6 Å². The van der Waals surface area contributed by atoms with E-state index in [1.165, 1.54) is 18.9 Å². The highest BCUT2D eigenvalue weighted by molar-refractivity contribution is 6.32. The Balaban J connectivity index is 1.80. The van der Waals surface area contributed by atoms with Gasteiger partial charge in [-0.1, -0.05) is 38.4 Å². The van der Waals surface area contributed by atoms with Crippen molar-refractivity contribution in [2.75, 3.05) is 0 Å². The number of phenolic OH excluding ortho intramolecular Hbond substituents is 1. The molecule has 29 heavy (non-hydrogen) atoms. The number of benzene rings is 1. The van der Waals surface area contributed by atoms with Crippen LogP contribution in [-0.4, -0.2) is 22.6 Å². The molecule has 0 radical (unpaired) electrons. The van der Waals surface area contributed by atoms with E-state index in [9.17, 15) is 14.7 Å². The molecule has 0 spiro atoms. The van der Waals surface area contributed by atoms with E-state index in [1.54, 1.807) is 12.1 Å². The molecular formula is C23H31ClN2O3. The van der Waals surface area contributed by atoms with Crippen LogP contribution in [0.25, 0.3) is 0 Å². The Hall–Kier alpha value is -1.88. The van der Waals surface area contributed by atoms with Gasteiger partial charge < -0.3 is 10.4 Å². The van der Waals surface area contributed by atoms with Crippen LogP contribution in [0.2, 0.25) is 5.02 Å². The number of nitrogens with zero attached hydrogens (tertiary/aromatic N) is 1. The molecule has 2 aliphatic rings.